The van der Waals surface area contributed by atoms with E-state index in [0.29, 0.717) is 17.2 Å². The van der Waals surface area contributed by atoms with Gasteiger partial charge in [0.05, 0.1) is 19.6 Å². The topological polar surface area (TPSA) is 94.3 Å². The first-order valence-corrected chi connectivity index (χ1v) is 7.95. The summed E-state index contributed by atoms with van der Waals surface area (Å²) >= 11 is 2.80. The SMILES string of the molecule is COC(=O)CC(NC(=O)c1csc(CN)n1)c1cccs1. The summed E-state index contributed by atoms with van der Waals surface area (Å²) in [6.45, 7) is 0.300. The first kappa shape index (κ1) is 15.6. The lowest BCUT2D eigenvalue weighted by molar-refractivity contribution is -0.141. The Kier molecular flexibility index (Phi) is 5.43. The molecule has 2 rings (SSSR count). The van der Waals surface area contributed by atoms with Crippen molar-refractivity contribution in [1.82, 2.24) is 10.3 Å². The summed E-state index contributed by atoms with van der Waals surface area (Å²) < 4.78 is 4.67. The maximum absolute atomic E-state index is 12.2. The molecule has 0 saturated heterocycles. The molecule has 0 bridgehead atoms. The van der Waals surface area contributed by atoms with Crippen LogP contribution in [0.1, 0.15) is 32.8 Å². The van der Waals surface area contributed by atoms with Crippen LogP contribution in [0.4, 0.5) is 0 Å². The lowest BCUT2D eigenvalue weighted by atomic mass is 10.1. The van der Waals surface area contributed by atoms with Crippen molar-refractivity contribution in [2.24, 2.45) is 5.73 Å². The zero-order valence-corrected chi connectivity index (χ0v) is 13.0. The van der Waals surface area contributed by atoms with Crippen LogP contribution in [0.25, 0.3) is 0 Å². The molecule has 1 unspecified atom stereocenters. The van der Waals surface area contributed by atoms with Crippen LogP contribution < -0.4 is 11.1 Å². The van der Waals surface area contributed by atoms with Crippen LogP contribution in [0.3, 0.4) is 0 Å². The molecule has 112 valence electrons. The van der Waals surface area contributed by atoms with Gasteiger partial charge in [-0.05, 0) is 11.4 Å². The van der Waals surface area contributed by atoms with E-state index in [2.05, 4.69) is 15.0 Å². The number of carbonyl (C=O) groups is 2. The second kappa shape index (κ2) is 7.30. The van der Waals surface area contributed by atoms with E-state index >= 15 is 0 Å². The Balaban J connectivity index is 2.10. The van der Waals surface area contributed by atoms with Crippen LogP contribution in [-0.4, -0.2) is 24.0 Å². The highest BCUT2D eigenvalue weighted by Crippen LogP contribution is 2.23. The van der Waals surface area contributed by atoms with Gasteiger partial charge in [0.25, 0.3) is 5.91 Å². The highest BCUT2D eigenvalue weighted by Gasteiger charge is 2.21. The molecular weight excluding hydrogens is 310 g/mol. The summed E-state index contributed by atoms with van der Waals surface area (Å²) in [7, 11) is 1.32. The Labute approximate surface area is 130 Å². The van der Waals surface area contributed by atoms with E-state index in [9.17, 15) is 9.59 Å². The Morgan fingerprint density at radius 3 is 2.86 bits per heavy atom. The third-order valence-electron chi connectivity index (χ3n) is 2.75. The van der Waals surface area contributed by atoms with Crippen LogP contribution >= 0.6 is 22.7 Å². The zero-order valence-electron chi connectivity index (χ0n) is 11.4. The molecule has 0 spiro atoms. The number of thiazole rings is 1. The van der Waals surface area contributed by atoms with Crippen molar-refractivity contribution in [2.75, 3.05) is 7.11 Å². The molecule has 0 aliphatic heterocycles. The van der Waals surface area contributed by atoms with Crippen molar-refractivity contribution in [3.63, 3.8) is 0 Å². The highest BCUT2D eigenvalue weighted by atomic mass is 32.1. The first-order valence-electron chi connectivity index (χ1n) is 6.19. The summed E-state index contributed by atoms with van der Waals surface area (Å²) in [5, 5.41) is 7.05. The standard InChI is InChI=1S/C13H15N3O3S2/c1-19-12(17)5-8(10-3-2-4-20-10)16-13(18)9-7-21-11(6-14)15-9/h2-4,7-8H,5-6,14H2,1H3,(H,16,18). The zero-order chi connectivity index (χ0) is 15.2. The Morgan fingerprint density at radius 2 is 2.29 bits per heavy atom. The molecule has 0 aliphatic carbocycles. The molecule has 21 heavy (non-hydrogen) atoms. The van der Waals surface area contributed by atoms with Crippen molar-refractivity contribution in [2.45, 2.75) is 19.0 Å². The Hall–Kier alpha value is -1.77. The molecule has 0 saturated carbocycles. The number of carbonyl (C=O) groups excluding carboxylic acids is 2. The molecule has 0 radical (unpaired) electrons. The average Bonchev–Trinajstić information content (AvgIpc) is 3.17. The summed E-state index contributed by atoms with van der Waals surface area (Å²) in [6, 6.07) is 3.31. The van der Waals surface area contributed by atoms with Gasteiger partial charge in [-0.25, -0.2) is 4.98 Å². The van der Waals surface area contributed by atoms with Gasteiger partial charge in [-0.15, -0.1) is 22.7 Å². The van der Waals surface area contributed by atoms with Gasteiger partial charge >= 0.3 is 5.97 Å². The maximum Gasteiger partial charge on any atom is 0.307 e. The average molecular weight is 325 g/mol. The summed E-state index contributed by atoms with van der Waals surface area (Å²) in [4.78, 5) is 28.7. The molecule has 1 atom stereocenters. The fraction of sp³-hybridized carbons (Fsp3) is 0.308. The first-order chi connectivity index (χ1) is 10.1. The van der Waals surface area contributed by atoms with Crippen molar-refractivity contribution < 1.29 is 14.3 Å². The number of nitrogens with one attached hydrogen (secondary N) is 1. The maximum atomic E-state index is 12.2. The van der Waals surface area contributed by atoms with Gasteiger partial charge in [-0.3, -0.25) is 9.59 Å². The minimum absolute atomic E-state index is 0.0800. The number of methoxy groups -OCH3 is 1. The molecule has 0 fully saturated rings. The summed E-state index contributed by atoms with van der Waals surface area (Å²) in [5.41, 5.74) is 5.79. The van der Waals surface area contributed by atoms with Crippen LogP contribution in [0.15, 0.2) is 22.9 Å². The van der Waals surface area contributed by atoms with E-state index < -0.39 is 6.04 Å². The number of esters is 1. The minimum atomic E-state index is -0.423. The quantitative estimate of drug-likeness (QED) is 0.788. The number of nitrogens with two attached hydrogens (primary N) is 1. The fourth-order valence-corrected chi connectivity index (χ4v) is 3.14. The molecule has 2 aromatic heterocycles. The lowest BCUT2D eigenvalue weighted by Crippen LogP contribution is -2.30. The van der Waals surface area contributed by atoms with Crippen molar-refractivity contribution in [1.29, 1.82) is 0 Å². The molecule has 0 aromatic carbocycles. The van der Waals surface area contributed by atoms with E-state index in [0.717, 1.165) is 4.88 Å². The van der Waals surface area contributed by atoms with Gasteiger partial charge in [0.15, 0.2) is 0 Å². The monoisotopic (exact) mass is 325 g/mol. The van der Waals surface area contributed by atoms with Gasteiger partial charge in [-0.1, -0.05) is 6.07 Å². The molecule has 1 amide bonds. The number of thiophene rings is 1. The number of amides is 1. The van der Waals surface area contributed by atoms with Crippen LogP contribution in [0, 0.1) is 0 Å². The fourth-order valence-electron chi connectivity index (χ4n) is 1.70. The molecular formula is C13H15N3O3S2. The van der Waals surface area contributed by atoms with Gasteiger partial charge in [-0.2, -0.15) is 0 Å². The van der Waals surface area contributed by atoms with E-state index in [1.54, 1.807) is 5.38 Å². The van der Waals surface area contributed by atoms with Gasteiger partial charge in [0.1, 0.15) is 10.7 Å². The number of hydrogen-bond donors (Lipinski definition) is 2. The third-order valence-corrected chi connectivity index (χ3v) is 4.61. The van der Waals surface area contributed by atoms with Crippen molar-refractivity contribution in [3.8, 4) is 0 Å². The third kappa shape index (κ3) is 4.10. The molecule has 8 heteroatoms. The minimum Gasteiger partial charge on any atom is -0.469 e. The van der Waals surface area contributed by atoms with E-state index in [-0.39, 0.29) is 18.3 Å². The number of ether oxygens (including phenoxy) is 1. The predicted molar refractivity (Wildman–Crippen MR) is 81.2 cm³/mol. The van der Waals surface area contributed by atoms with E-state index in [1.807, 2.05) is 17.5 Å². The molecule has 2 heterocycles. The number of aromatic nitrogens is 1. The molecule has 3 N–H and O–H groups in total. The Bertz CT molecular complexity index is 610. The molecule has 2 aromatic rings. The van der Waals surface area contributed by atoms with Crippen LogP contribution in [0.5, 0.6) is 0 Å². The Morgan fingerprint density at radius 1 is 1.48 bits per heavy atom. The summed E-state index contributed by atoms with van der Waals surface area (Å²) in [5.74, 6) is -0.706. The predicted octanol–water partition coefficient (Wildman–Crippen LogP) is 1.70. The molecule has 0 aliphatic rings. The number of rotatable bonds is 6. The smallest absolute Gasteiger partial charge is 0.307 e. The van der Waals surface area contributed by atoms with Gasteiger partial charge in [0, 0.05) is 16.8 Å². The highest BCUT2D eigenvalue weighted by molar-refractivity contribution is 7.10. The van der Waals surface area contributed by atoms with Gasteiger partial charge in [0.2, 0.25) is 0 Å². The van der Waals surface area contributed by atoms with E-state index in [1.165, 1.54) is 29.8 Å². The second-order valence-electron chi connectivity index (χ2n) is 4.15. The van der Waals surface area contributed by atoms with Crippen molar-refractivity contribution >= 4 is 34.6 Å². The van der Waals surface area contributed by atoms with Crippen LogP contribution in [0.2, 0.25) is 0 Å². The van der Waals surface area contributed by atoms with Gasteiger partial charge < -0.3 is 15.8 Å². The second-order valence-corrected chi connectivity index (χ2v) is 6.07. The lowest BCUT2D eigenvalue weighted by Gasteiger charge is -2.15. The molecule has 6 nitrogen and oxygen atoms in total. The number of nitrogens with zero attached hydrogens (tertiary/aromatic N) is 1. The van der Waals surface area contributed by atoms with Crippen LogP contribution in [-0.2, 0) is 16.1 Å². The number of hydrogen-bond acceptors (Lipinski definition) is 7. The largest absolute Gasteiger partial charge is 0.469 e. The summed E-state index contributed by atoms with van der Waals surface area (Å²) in [6.07, 6.45) is 0.0800. The van der Waals surface area contributed by atoms with E-state index in [4.69, 9.17) is 5.73 Å². The normalized spacial score (nSPS) is 11.9. The van der Waals surface area contributed by atoms with Crippen molar-refractivity contribution in [3.05, 3.63) is 38.5 Å².